The molecule has 0 aromatic rings. The van der Waals surface area contributed by atoms with Crippen LogP contribution in [0.15, 0.2) is 0 Å². The lowest BCUT2D eigenvalue weighted by atomic mass is 9.78. The van der Waals surface area contributed by atoms with Gasteiger partial charge in [0.25, 0.3) is 0 Å². The van der Waals surface area contributed by atoms with Crippen molar-refractivity contribution >= 4 is 13.8 Å². The lowest BCUT2D eigenvalue weighted by Crippen LogP contribution is -2.30. The minimum Gasteiger partial charge on any atom is -0.481 e. The summed E-state index contributed by atoms with van der Waals surface area (Å²) in [4.78, 5) is 29.6. The Morgan fingerprint density at radius 1 is 0.852 bits per heavy atom. The smallest absolute Gasteiger partial charge is 0.470 e. The number of hydrogen-bond acceptors (Lipinski definition) is 4. The van der Waals surface area contributed by atoms with E-state index in [-0.39, 0.29) is 0 Å². The third-order valence-corrected chi connectivity index (χ3v) is 6.40. The molecule has 0 aliphatic carbocycles. The first-order valence-electron chi connectivity index (χ1n) is 10.2. The van der Waals surface area contributed by atoms with Crippen molar-refractivity contribution in [1.29, 1.82) is 0 Å². The van der Waals surface area contributed by atoms with Crippen LogP contribution in [-0.4, -0.2) is 39.7 Å². The molecule has 0 aliphatic heterocycles. The molecule has 0 rings (SSSR count). The molecule has 0 saturated heterocycles. The van der Waals surface area contributed by atoms with Gasteiger partial charge in [-0.2, -0.15) is 0 Å². The van der Waals surface area contributed by atoms with Crippen LogP contribution in [0, 0.1) is 5.41 Å². The molecule has 3 N–H and O–H groups in total. The second-order valence-corrected chi connectivity index (χ2v) is 8.45. The Bertz CT molecular complexity index is 453. The molecular formula is C19H39O7P. The Morgan fingerprint density at radius 3 is 1.70 bits per heavy atom. The van der Waals surface area contributed by atoms with Crippen LogP contribution in [0.25, 0.3) is 0 Å². The van der Waals surface area contributed by atoms with E-state index in [0.717, 1.165) is 25.7 Å². The number of unbranched alkanes of at least 4 members (excludes halogenated alkanes) is 2. The summed E-state index contributed by atoms with van der Waals surface area (Å²) in [7, 11) is -4.49. The van der Waals surface area contributed by atoms with Crippen molar-refractivity contribution in [3.05, 3.63) is 0 Å². The van der Waals surface area contributed by atoms with Crippen molar-refractivity contribution in [2.45, 2.75) is 97.5 Å². The average Bonchev–Trinajstić information content (AvgIpc) is 2.61. The highest BCUT2D eigenvalue weighted by Crippen LogP contribution is 2.45. The SMILES string of the molecule is CCC(CC)(CCCCOCCCCC(CC)(CC)C(=O)O)OP(=O)(O)O. The van der Waals surface area contributed by atoms with Crippen LogP contribution in [0.5, 0.6) is 0 Å². The third kappa shape index (κ3) is 10.0. The fourth-order valence-electron chi connectivity index (χ4n) is 3.46. The highest BCUT2D eigenvalue weighted by molar-refractivity contribution is 7.46. The zero-order valence-corrected chi connectivity index (χ0v) is 18.3. The summed E-state index contributed by atoms with van der Waals surface area (Å²) in [6.07, 6.45) is 6.90. The molecule has 162 valence electrons. The first-order valence-corrected chi connectivity index (χ1v) is 11.7. The van der Waals surface area contributed by atoms with Gasteiger partial charge < -0.3 is 19.6 Å². The van der Waals surface area contributed by atoms with Crippen molar-refractivity contribution < 1.29 is 33.5 Å². The van der Waals surface area contributed by atoms with E-state index < -0.39 is 24.8 Å². The second kappa shape index (κ2) is 12.9. The van der Waals surface area contributed by atoms with Crippen molar-refractivity contribution in [2.24, 2.45) is 5.41 Å². The number of carboxylic acids is 1. The number of hydrogen-bond donors (Lipinski definition) is 3. The van der Waals surface area contributed by atoms with E-state index in [2.05, 4.69) is 0 Å². The zero-order chi connectivity index (χ0) is 21.0. The quantitative estimate of drug-likeness (QED) is 0.231. The van der Waals surface area contributed by atoms with Gasteiger partial charge in [-0.25, -0.2) is 4.57 Å². The Balaban J connectivity index is 4.00. The Labute approximate surface area is 164 Å². The molecule has 0 spiro atoms. The van der Waals surface area contributed by atoms with Crippen LogP contribution in [0.1, 0.15) is 91.9 Å². The molecule has 0 saturated carbocycles. The van der Waals surface area contributed by atoms with E-state index in [9.17, 15) is 14.5 Å². The third-order valence-electron chi connectivity index (χ3n) is 5.77. The minimum absolute atomic E-state index is 0.551. The van der Waals surface area contributed by atoms with Gasteiger partial charge in [0.05, 0.1) is 11.0 Å². The van der Waals surface area contributed by atoms with Crippen LogP contribution < -0.4 is 0 Å². The number of ether oxygens (including phenoxy) is 1. The van der Waals surface area contributed by atoms with Gasteiger partial charge in [0.2, 0.25) is 0 Å². The van der Waals surface area contributed by atoms with Gasteiger partial charge >= 0.3 is 13.8 Å². The Morgan fingerprint density at radius 2 is 1.33 bits per heavy atom. The lowest BCUT2D eigenvalue weighted by molar-refractivity contribution is -0.150. The van der Waals surface area contributed by atoms with Gasteiger partial charge in [-0.3, -0.25) is 9.32 Å². The topological polar surface area (TPSA) is 113 Å². The Hall–Kier alpha value is -0.460. The average molecular weight is 410 g/mol. The monoisotopic (exact) mass is 410 g/mol. The second-order valence-electron chi connectivity index (χ2n) is 7.29. The highest BCUT2D eigenvalue weighted by Gasteiger charge is 2.35. The van der Waals surface area contributed by atoms with Gasteiger partial charge in [0, 0.05) is 13.2 Å². The van der Waals surface area contributed by atoms with Crippen LogP contribution >= 0.6 is 7.82 Å². The number of rotatable bonds is 17. The molecule has 0 aromatic carbocycles. The summed E-state index contributed by atoms with van der Waals surface area (Å²) in [5, 5.41) is 9.41. The molecule has 0 aliphatic rings. The number of carbonyl (C=O) groups is 1. The van der Waals surface area contributed by atoms with Crippen molar-refractivity contribution in [2.75, 3.05) is 13.2 Å². The molecule has 0 aromatic heterocycles. The number of phosphoric ester groups is 1. The fourth-order valence-corrected chi connectivity index (χ4v) is 4.32. The molecule has 0 atom stereocenters. The molecule has 8 heteroatoms. The first kappa shape index (κ1) is 26.5. The molecule has 27 heavy (non-hydrogen) atoms. The molecule has 0 radical (unpaired) electrons. The maximum absolute atomic E-state index is 11.4. The summed E-state index contributed by atoms with van der Waals surface area (Å²) in [5.74, 6) is -0.707. The summed E-state index contributed by atoms with van der Waals surface area (Å²) in [6, 6.07) is 0. The minimum atomic E-state index is -4.49. The number of phosphoric acid groups is 1. The Kier molecular flexibility index (Phi) is 12.7. The lowest BCUT2D eigenvalue weighted by Gasteiger charge is -2.31. The molecule has 0 unspecified atom stereocenters. The summed E-state index contributed by atoms with van der Waals surface area (Å²) in [6.45, 7) is 8.80. The summed E-state index contributed by atoms with van der Waals surface area (Å²) < 4.78 is 21.8. The van der Waals surface area contributed by atoms with Crippen molar-refractivity contribution in [3.63, 3.8) is 0 Å². The predicted molar refractivity (Wildman–Crippen MR) is 106 cm³/mol. The maximum Gasteiger partial charge on any atom is 0.470 e. The van der Waals surface area contributed by atoms with Crippen LogP contribution in [0.3, 0.4) is 0 Å². The molecule has 0 heterocycles. The van der Waals surface area contributed by atoms with E-state index in [4.69, 9.17) is 19.0 Å². The van der Waals surface area contributed by atoms with Crippen LogP contribution in [0.4, 0.5) is 0 Å². The standard InChI is InChI=1S/C19H39O7P/c1-5-18(6-2,17(20)21)13-9-11-15-25-16-12-10-14-19(7-3,8-4)26-27(22,23)24/h5-16H2,1-4H3,(H,20,21)(H2,22,23,24). The van der Waals surface area contributed by atoms with Crippen LogP contribution in [-0.2, 0) is 18.6 Å². The molecule has 0 fully saturated rings. The number of aliphatic carboxylic acids is 1. The first-order chi connectivity index (χ1) is 12.6. The van der Waals surface area contributed by atoms with E-state index in [1.807, 2.05) is 27.7 Å². The van der Waals surface area contributed by atoms with E-state index in [1.165, 1.54) is 0 Å². The van der Waals surface area contributed by atoms with E-state index in [1.54, 1.807) is 0 Å². The number of carboxylic acid groups (broad SMARTS) is 1. The van der Waals surface area contributed by atoms with Gasteiger partial charge in [0.1, 0.15) is 0 Å². The van der Waals surface area contributed by atoms with Gasteiger partial charge in [-0.05, 0) is 57.8 Å². The molecule has 0 amide bonds. The maximum atomic E-state index is 11.4. The zero-order valence-electron chi connectivity index (χ0n) is 17.4. The predicted octanol–water partition coefficient (Wildman–Crippen LogP) is 4.90. The summed E-state index contributed by atoms with van der Waals surface area (Å²) >= 11 is 0. The van der Waals surface area contributed by atoms with Crippen molar-refractivity contribution in [1.82, 2.24) is 0 Å². The van der Waals surface area contributed by atoms with Gasteiger partial charge in [-0.15, -0.1) is 0 Å². The fraction of sp³-hybridized carbons (Fsp3) is 0.947. The molecule has 7 nitrogen and oxygen atoms in total. The van der Waals surface area contributed by atoms with Crippen molar-refractivity contribution in [3.8, 4) is 0 Å². The molecule has 0 bridgehead atoms. The normalized spacial score (nSPS) is 13.1. The summed E-state index contributed by atoms with van der Waals surface area (Å²) in [5.41, 5.74) is -1.39. The van der Waals surface area contributed by atoms with Gasteiger partial charge in [-0.1, -0.05) is 34.1 Å². The molecular weight excluding hydrogens is 371 g/mol. The van der Waals surface area contributed by atoms with Crippen LogP contribution in [0.2, 0.25) is 0 Å². The van der Waals surface area contributed by atoms with Gasteiger partial charge in [0.15, 0.2) is 0 Å². The highest BCUT2D eigenvalue weighted by atomic mass is 31.2. The van der Waals surface area contributed by atoms with E-state index in [0.29, 0.717) is 51.7 Å². The largest absolute Gasteiger partial charge is 0.481 e. The van der Waals surface area contributed by atoms with E-state index >= 15 is 0 Å².